The maximum absolute atomic E-state index is 13.4. The normalized spacial score (nSPS) is 10.4. The zero-order valence-electron chi connectivity index (χ0n) is 11.1. The number of hydrogen-bond acceptors (Lipinski definition) is 2. The molecule has 0 radical (unpaired) electrons. The number of halogens is 1. The van der Waals surface area contributed by atoms with Crippen LogP contribution < -0.4 is 5.32 Å². The van der Waals surface area contributed by atoms with Crippen LogP contribution in [0.1, 0.15) is 24.2 Å². The van der Waals surface area contributed by atoms with Gasteiger partial charge in [-0.15, -0.1) is 0 Å². The van der Waals surface area contributed by atoms with Crippen LogP contribution in [0.5, 0.6) is 0 Å². The van der Waals surface area contributed by atoms with E-state index in [0.29, 0.717) is 12.5 Å². The Hall–Kier alpha value is -2.11. The number of carbonyl (C=O) groups is 2. The molecule has 0 aliphatic rings. The van der Waals surface area contributed by atoms with Crippen LogP contribution in [-0.2, 0) is 0 Å². The average molecular weight is 268 g/mol. The summed E-state index contributed by atoms with van der Waals surface area (Å²) in [6.45, 7) is 4.53. The molecule has 19 heavy (non-hydrogen) atoms. The Kier molecular flexibility index (Phi) is 4.86. The molecule has 0 aromatic heterocycles. The topological polar surface area (TPSA) is 69.6 Å². The first-order valence-corrected chi connectivity index (χ1v) is 5.86. The molecule has 0 spiro atoms. The zero-order chi connectivity index (χ0) is 14.6. The van der Waals surface area contributed by atoms with Gasteiger partial charge in [-0.2, -0.15) is 0 Å². The van der Waals surface area contributed by atoms with Gasteiger partial charge in [0.1, 0.15) is 5.82 Å². The predicted molar refractivity (Wildman–Crippen MR) is 69.8 cm³/mol. The largest absolute Gasteiger partial charge is 0.478 e. The third kappa shape index (κ3) is 4.24. The minimum Gasteiger partial charge on any atom is -0.478 e. The predicted octanol–water partition coefficient (Wildman–Crippen LogP) is 2.64. The monoisotopic (exact) mass is 268 g/mol. The lowest BCUT2D eigenvalue weighted by atomic mass is 10.2. The molecule has 1 aromatic carbocycles. The molecule has 0 fully saturated rings. The fourth-order valence-corrected chi connectivity index (χ4v) is 1.62. The molecular formula is C13H17FN2O3. The second kappa shape index (κ2) is 6.17. The summed E-state index contributed by atoms with van der Waals surface area (Å²) in [5.41, 5.74) is -0.198. The molecule has 0 heterocycles. The third-order valence-corrected chi connectivity index (χ3v) is 2.44. The van der Waals surface area contributed by atoms with E-state index in [0.717, 1.165) is 12.1 Å². The molecule has 0 saturated heterocycles. The molecule has 0 atom stereocenters. The number of urea groups is 1. The van der Waals surface area contributed by atoms with E-state index >= 15 is 0 Å². The van der Waals surface area contributed by atoms with Gasteiger partial charge in [0.25, 0.3) is 0 Å². The van der Waals surface area contributed by atoms with Crippen LogP contribution in [0.25, 0.3) is 0 Å². The molecule has 6 heteroatoms. The van der Waals surface area contributed by atoms with Gasteiger partial charge in [0.15, 0.2) is 0 Å². The second-order valence-electron chi connectivity index (χ2n) is 4.70. The van der Waals surface area contributed by atoms with E-state index in [4.69, 9.17) is 5.11 Å². The van der Waals surface area contributed by atoms with Crippen molar-refractivity contribution >= 4 is 17.7 Å². The van der Waals surface area contributed by atoms with Gasteiger partial charge < -0.3 is 15.3 Å². The molecule has 2 N–H and O–H groups in total. The van der Waals surface area contributed by atoms with Crippen LogP contribution in [0.15, 0.2) is 18.2 Å². The number of benzene rings is 1. The molecule has 0 saturated carbocycles. The number of rotatable bonds is 4. The number of carboxylic acid groups (broad SMARTS) is 1. The summed E-state index contributed by atoms with van der Waals surface area (Å²) in [6, 6.07) is 3.10. The van der Waals surface area contributed by atoms with Crippen molar-refractivity contribution in [2.75, 3.05) is 18.9 Å². The van der Waals surface area contributed by atoms with E-state index in [1.807, 2.05) is 13.8 Å². The third-order valence-electron chi connectivity index (χ3n) is 2.44. The van der Waals surface area contributed by atoms with E-state index < -0.39 is 17.3 Å². The average Bonchev–Trinajstić information content (AvgIpc) is 2.27. The fourth-order valence-electron chi connectivity index (χ4n) is 1.62. The Labute approximate surface area is 111 Å². The lowest BCUT2D eigenvalue weighted by molar-refractivity contribution is 0.0692. The molecule has 0 aliphatic carbocycles. The number of anilines is 1. The number of amides is 2. The fraction of sp³-hybridized carbons (Fsp3) is 0.385. The van der Waals surface area contributed by atoms with Crippen LogP contribution in [-0.4, -0.2) is 35.6 Å². The van der Waals surface area contributed by atoms with Gasteiger partial charge in [-0.05, 0) is 24.1 Å². The number of carboxylic acids is 1. The Balaban J connectivity index is 2.75. The lowest BCUT2D eigenvalue weighted by Gasteiger charge is -2.20. The Morgan fingerprint density at radius 3 is 2.53 bits per heavy atom. The minimum absolute atomic E-state index is 0.225. The molecule has 0 aliphatic heterocycles. The second-order valence-corrected chi connectivity index (χ2v) is 4.70. The number of aromatic carboxylic acids is 1. The van der Waals surface area contributed by atoms with Crippen molar-refractivity contribution in [1.29, 1.82) is 0 Å². The van der Waals surface area contributed by atoms with Gasteiger partial charge in [-0.1, -0.05) is 13.8 Å². The lowest BCUT2D eigenvalue weighted by Crippen LogP contribution is -2.34. The first-order valence-electron chi connectivity index (χ1n) is 5.86. The highest BCUT2D eigenvalue weighted by atomic mass is 19.1. The van der Waals surface area contributed by atoms with Gasteiger partial charge in [-0.3, -0.25) is 0 Å². The van der Waals surface area contributed by atoms with Gasteiger partial charge in [0, 0.05) is 19.3 Å². The van der Waals surface area contributed by atoms with E-state index in [9.17, 15) is 14.0 Å². The smallest absolute Gasteiger partial charge is 0.338 e. The Morgan fingerprint density at radius 1 is 1.42 bits per heavy atom. The molecule has 5 nitrogen and oxygen atoms in total. The van der Waals surface area contributed by atoms with E-state index in [-0.39, 0.29) is 11.7 Å². The van der Waals surface area contributed by atoms with Gasteiger partial charge in [-0.25, -0.2) is 14.0 Å². The van der Waals surface area contributed by atoms with Crippen molar-refractivity contribution in [3.63, 3.8) is 0 Å². The van der Waals surface area contributed by atoms with Crippen molar-refractivity contribution < 1.29 is 19.1 Å². The number of hydrogen-bond donors (Lipinski definition) is 2. The van der Waals surface area contributed by atoms with E-state index in [2.05, 4.69) is 5.32 Å². The number of carbonyl (C=O) groups excluding carboxylic acids is 1. The molecule has 1 aromatic rings. The molecular weight excluding hydrogens is 251 g/mol. The SMILES string of the molecule is CC(C)CN(C)C(=O)Nc1ccc(C(=O)O)c(F)c1. The highest BCUT2D eigenvalue weighted by molar-refractivity contribution is 5.91. The van der Waals surface area contributed by atoms with E-state index in [1.54, 1.807) is 7.05 Å². The first kappa shape index (κ1) is 14.9. The molecule has 0 unspecified atom stereocenters. The number of nitrogens with one attached hydrogen (secondary N) is 1. The van der Waals surface area contributed by atoms with E-state index in [1.165, 1.54) is 11.0 Å². The van der Waals surface area contributed by atoms with Crippen molar-refractivity contribution in [2.24, 2.45) is 5.92 Å². The van der Waals surface area contributed by atoms with Crippen molar-refractivity contribution in [1.82, 2.24) is 4.90 Å². The van der Waals surface area contributed by atoms with Crippen LogP contribution in [0.2, 0.25) is 0 Å². The van der Waals surface area contributed by atoms with Gasteiger partial charge in [0.05, 0.1) is 5.56 Å². The maximum Gasteiger partial charge on any atom is 0.338 e. The van der Waals surface area contributed by atoms with Crippen molar-refractivity contribution in [2.45, 2.75) is 13.8 Å². The van der Waals surface area contributed by atoms with Crippen molar-refractivity contribution in [3.8, 4) is 0 Å². The van der Waals surface area contributed by atoms with Crippen LogP contribution in [0, 0.1) is 11.7 Å². The first-order chi connectivity index (χ1) is 8.81. The Bertz CT molecular complexity index is 489. The standard InChI is InChI=1S/C13H17FN2O3/c1-8(2)7-16(3)13(19)15-9-4-5-10(12(17)18)11(14)6-9/h4-6,8H,7H2,1-3H3,(H,15,19)(H,17,18). The Morgan fingerprint density at radius 2 is 2.05 bits per heavy atom. The summed E-state index contributed by atoms with van der Waals surface area (Å²) in [7, 11) is 1.64. The summed E-state index contributed by atoms with van der Waals surface area (Å²) in [6.07, 6.45) is 0. The number of nitrogens with zero attached hydrogens (tertiary/aromatic N) is 1. The maximum atomic E-state index is 13.4. The highest BCUT2D eigenvalue weighted by Crippen LogP contribution is 2.15. The van der Waals surface area contributed by atoms with Crippen LogP contribution in [0.3, 0.4) is 0 Å². The molecule has 2 amide bonds. The summed E-state index contributed by atoms with van der Waals surface area (Å²) in [5.74, 6) is -1.90. The van der Waals surface area contributed by atoms with Crippen LogP contribution >= 0.6 is 0 Å². The summed E-state index contributed by atoms with van der Waals surface area (Å²) >= 11 is 0. The van der Waals surface area contributed by atoms with Gasteiger partial charge in [0.2, 0.25) is 0 Å². The molecule has 104 valence electrons. The summed E-state index contributed by atoms with van der Waals surface area (Å²) in [4.78, 5) is 23.9. The van der Waals surface area contributed by atoms with Crippen LogP contribution in [0.4, 0.5) is 14.9 Å². The van der Waals surface area contributed by atoms with Crippen molar-refractivity contribution in [3.05, 3.63) is 29.6 Å². The van der Waals surface area contributed by atoms with Gasteiger partial charge >= 0.3 is 12.0 Å². The highest BCUT2D eigenvalue weighted by Gasteiger charge is 2.13. The quantitative estimate of drug-likeness (QED) is 0.882. The minimum atomic E-state index is -1.34. The summed E-state index contributed by atoms with van der Waals surface area (Å²) < 4.78 is 13.4. The summed E-state index contributed by atoms with van der Waals surface area (Å²) in [5, 5.41) is 11.2. The molecule has 1 rings (SSSR count). The zero-order valence-corrected chi connectivity index (χ0v) is 11.1. The molecule has 0 bridgehead atoms.